The Hall–Kier alpha value is -1.39. The van der Waals surface area contributed by atoms with Crippen molar-refractivity contribution in [3.05, 3.63) is 35.9 Å². The van der Waals surface area contributed by atoms with E-state index in [0.717, 1.165) is 5.56 Å². The van der Waals surface area contributed by atoms with Crippen LogP contribution in [0.2, 0.25) is 0 Å². The van der Waals surface area contributed by atoms with Gasteiger partial charge in [0.2, 0.25) is 0 Å². The van der Waals surface area contributed by atoms with E-state index >= 15 is 0 Å². The van der Waals surface area contributed by atoms with Crippen LogP contribution in [0.5, 0.6) is 0 Å². The standard InChI is InChI=1S/C15H21NO3/c1-14(2,3)19-13(17)15(16,9-12-10-18-12)11-7-5-4-6-8-11/h4-8,12H,9-10,16H2,1-3H3/t12?,15-/m1/s1. The Morgan fingerprint density at radius 2 is 1.95 bits per heavy atom. The number of carbonyl (C=O) groups is 1. The molecule has 1 saturated heterocycles. The lowest BCUT2D eigenvalue weighted by molar-refractivity contribution is -0.162. The van der Waals surface area contributed by atoms with E-state index in [1.54, 1.807) is 0 Å². The van der Waals surface area contributed by atoms with Crippen LogP contribution in [-0.4, -0.2) is 24.3 Å². The molecule has 4 nitrogen and oxygen atoms in total. The summed E-state index contributed by atoms with van der Waals surface area (Å²) < 4.78 is 10.7. The highest BCUT2D eigenvalue weighted by Gasteiger charge is 2.44. The molecule has 2 rings (SSSR count). The van der Waals surface area contributed by atoms with Gasteiger partial charge in [-0.1, -0.05) is 30.3 Å². The van der Waals surface area contributed by atoms with E-state index in [9.17, 15) is 4.79 Å². The fourth-order valence-corrected chi connectivity index (χ4v) is 1.97. The van der Waals surface area contributed by atoms with Crippen LogP contribution < -0.4 is 5.73 Å². The number of hydrogen-bond acceptors (Lipinski definition) is 4. The molecule has 0 bridgehead atoms. The number of epoxide rings is 1. The summed E-state index contributed by atoms with van der Waals surface area (Å²) in [6.45, 7) is 6.17. The van der Waals surface area contributed by atoms with Crippen molar-refractivity contribution in [2.24, 2.45) is 5.73 Å². The zero-order valence-corrected chi connectivity index (χ0v) is 11.7. The van der Waals surface area contributed by atoms with Gasteiger partial charge in [-0.05, 0) is 26.3 Å². The van der Waals surface area contributed by atoms with Gasteiger partial charge in [-0.25, -0.2) is 4.79 Å². The number of hydrogen-bond donors (Lipinski definition) is 1. The molecule has 1 fully saturated rings. The van der Waals surface area contributed by atoms with Crippen molar-refractivity contribution in [2.75, 3.05) is 6.61 Å². The lowest BCUT2D eigenvalue weighted by atomic mass is 9.86. The van der Waals surface area contributed by atoms with Gasteiger partial charge in [0.1, 0.15) is 11.1 Å². The van der Waals surface area contributed by atoms with Gasteiger partial charge in [0.15, 0.2) is 0 Å². The molecular formula is C15H21NO3. The lowest BCUT2D eigenvalue weighted by Gasteiger charge is -2.31. The van der Waals surface area contributed by atoms with Gasteiger partial charge < -0.3 is 15.2 Å². The summed E-state index contributed by atoms with van der Waals surface area (Å²) in [6.07, 6.45) is 0.504. The van der Waals surface area contributed by atoms with Gasteiger partial charge in [-0.3, -0.25) is 0 Å². The zero-order valence-electron chi connectivity index (χ0n) is 11.7. The molecule has 0 spiro atoms. The van der Waals surface area contributed by atoms with Gasteiger partial charge >= 0.3 is 5.97 Å². The summed E-state index contributed by atoms with van der Waals surface area (Å²) in [5.41, 5.74) is 5.42. The number of rotatable bonds is 4. The largest absolute Gasteiger partial charge is 0.458 e. The fraction of sp³-hybridized carbons (Fsp3) is 0.533. The average molecular weight is 263 g/mol. The zero-order chi connectivity index (χ0) is 14.1. The van der Waals surface area contributed by atoms with Crippen LogP contribution in [0.4, 0.5) is 0 Å². The monoisotopic (exact) mass is 263 g/mol. The molecule has 104 valence electrons. The van der Waals surface area contributed by atoms with Gasteiger partial charge in [-0.2, -0.15) is 0 Å². The van der Waals surface area contributed by atoms with Crippen LogP contribution in [0.1, 0.15) is 32.8 Å². The minimum atomic E-state index is -1.14. The minimum absolute atomic E-state index is 0.0534. The van der Waals surface area contributed by atoms with Crippen LogP contribution >= 0.6 is 0 Å². The number of carbonyl (C=O) groups excluding carboxylic acids is 1. The third kappa shape index (κ3) is 3.55. The first kappa shape index (κ1) is 14.0. The molecule has 2 atom stereocenters. The van der Waals surface area contributed by atoms with Crippen LogP contribution in [0.15, 0.2) is 30.3 Å². The maximum atomic E-state index is 12.4. The highest BCUT2D eigenvalue weighted by atomic mass is 16.6. The van der Waals surface area contributed by atoms with Crippen LogP contribution in [0, 0.1) is 0 Å². The molecule has 1 heterocycles. The molecule has 4 heteroatoms. The van der Waals surface area contributed by atoms with E-state index in [1.165, 1.54) is 0 Å². The van der Waals surface area contributed by atoms with Crippen LogP contribution in [-0.2, 0) is 19.8 Å². The first-order valence-corrected chi connectivity index (χ1v) is 6.51. The van der Waals surface area contributed by atoms with Crippen molar-refractivity contribution in [1.29, 1.82) is 0 Å². The first-order chi connectivity index (χ1) is 8.81. The van der Waals surface area contributed by atoms with Crippen molar-refractivity contribution in [1.82, 2.24) is 0 Å². The summed E-state index contributed by atoms with van der Waals surface area (Å²) in [6, 6.07) is 9.34. The number of nitrogens with two attached hydrogens (primary N) is 1. The molecular weight excluding hydrogens is 242 g/mol. The molecule has 1 aliphatic heterocycles. The summed E-state index contributed by atoms with van der Waals surface area (Å²) in [5.74, 6) is -0.401. The topological polar surface area (TPSA) is 64.8 Å². The number of esters is 1. The molecule has 0 aromatic heterocycles. The molecule has 1 aromatic carbocycles. The minimum Gasteiger partial charge on any atom is -0.458 e. The van der Waals surface area contributed by atoms with Crippen LogP contribution in [0.3, 0.4) is 0 Å². The summed E-state index contributed by atoms with van der Waals surface area (Å²) in [4.78, 5) is 12.4. The summed E-state index contributed by atoms with van der Waals surface area (Å²) >= 11 is 0. The predicted octanol–water partition coefficient (Wildman–Crippen LogP) is 1.97. The summed E-state index contributed by atoms with van der Waals surface area (Å²) in [7, 11) is 0. The second-order valence-corrected chi connectivity index (χ2v) is 6.00. The Labute approximate surface area is 113 Å². The SMILES string of the molecule is CC(C)(C)OC(=O)[C@@](N)(CC1CO1)c1ccccc1. The van der Waals surface area contributed by atoms with Crippen molar-refractivity contribution < 1.29 is 14.3 Å². The molecule has 0 radical (unpaired) electrons. The van der Waals surface area contributed by atoms with Gasteiger partial charge in [-0.15, -0.1) is 0 Å². The average Bonchev–Trinajstić information content (AvgIpc) is 3.11. The Bertz CT molecular complexity index is 448. The van der Waals surface area contributed by atoms with Crippen molar-refractivity contribution >= 4 is 5.97 Å². The maximum Gasteiger partial charge on any atom is 0.331 e. The van der Waals surface area contributed by atoms with Crippen molar-refractivity contribution in [3.8, 4) is 0 Å². The Morgan fingerprint density at radius 1 is 1.37 bits per heavy atom. The highest BCUT2D eigenvalue weighted by molar-refractivity contribution is 5.82. The van der Waals surface area contributed by atoms with E-state index in [2.05, 4.69) is 0 Å². The normalized spacial score (nSPS) is 21.6. The van der Waals surface area contributed by atoms with Gasteiger partial charge in [0, 0.05) is 6.42 Å². The van der Waals surface area contributed by atoms with E-state index < -0.39 is 17.1 Å². The lowest BCUT2D eigenvalue weighted by Crippen LogP contribution is -2.49. The smallest absolute Gasteiger partial charge is 0.331 e. The maximum absolute atomic E-state index is 12.4. The predicted molar refractivity (Wildman–Crippen MR) is 72.5 cm³/mol. The Kier molecular flexibility index (Phi) is 3.65. The third-order valence-electron chi connectivity index (χ3n) is 3.00. The fourth-order valence-electron chi connectivity index (χ4n) is 1.97. The molecule has 1 aromatic rings. The second kappa shape index (κ2) is 4.94. The van der Waals surface area contributed by atoms with E-state index in [0.29, 0.717) is 13.0 Å². The molecule has 0 saturated carbocycles. The van der Waals surface area contributed by atoms with E-state index in [4.69, 9.17) is 15.2 Å². The third-order valence-corrected chi connectivity index (χ3v) is 3.00. The Morgan fingerprint density at radius 3 is 2.42 bits per heavy atom. The quantitative estimate of drug-likeness (QED) is 0.666. The second-order valence-electron chi connectivity index (χ2n) is 6.00. The molecule has 1 unspecified atom stereocenters. The summed E-state index contributed by atoms with van der Waals surface area (Å²) in [5, 5.41) is 0. The van der Waals surface area contributed by atoms with Crippen LogP contribution in [0.25, 0.3) is 0 Å². The molecule has 19 heavy (non-hydrogen) atoms. The van der Waals surface area contributed by atoms with Crippen molar-refractivity contribution in [3.63, 3.8) is 0 Å². The molecule has 2 N–H and O–H groups in total. The molecule has 0 amide bonds. The Balaban J connectivity index is 2.26. The van der Waals surface area contributed by atoms with Crippen molar-refractivity contribution in [2.45, 2.75) is 44.4 Å². The van der Waals surface area contributed by atoms with Gasteiger partial charge in [0.05, 0.1) is 12.7 Å². The van der Waals surface area contributed by atoms with E-state index in [1.807, 2.05) is 51.1 Å². The number of benzene rings is 1. The van der Waals surface area contributed by atoms with E-state index in [-0.39, 0.29) is 6.10 Å². The first-order valence-electron chi connectivity index (χ1n) is 6.51. The van der Waals surface area contributed by atoms with Gasteiger partial charge in [0.25, 0.3) is 0 Å². The number of ether oxygens (including phenoxy) is 2. The highest BCUT2D eigenvalue weighted by Crippen LogP contribution is 2.31. The molecule has 0 aliphatic carbocycles. The molecule has 1 aliphatic rings.